The number of carboxylic acid groups (broad SMARTS) is 5. The Balaban J connectivity index is 0.000000159. The van der Waals surface area contributed by atoms with Crippen LogP contribution in [0.2, 0.25) is 0 Å². The van der Waals surface area contributed by atoms with E-state index < -0.39 is 29.8 Å². The number of nitrogens with zero attached hydrogens (tertiary/aromatic N) is 10. The molecular weight excluding hydrogens is 2100 g/mol. The van der Waals surface area contributed by atoms with Gasteiger partial charge in [-0.15, -0.1) is 69.8 Å². The lowest BCUT2D eigenvalue weighted by atomic mass is 10.1. The lowest BCUT2D eigenvalue weighted by molar-refractivity contribution is -0.137. The van der Waals surface area contributed by atoms with Gasteiger partial charge >= 0.3 is 29.8 Å². The maximum absolute atomic E-state index is 11.0. The Morgan fingerprint density at radius 3 is 0.758 bits per heavy atom. The normalized spacial score (nSPS) is 10.7. The zero-order chi connectivity index (χ0) is 94.8. The number of carboxylic acids is 5. The van der Waals surface area contributed by atoms with Gasteiger partial charge in [0.1, 0.15) is 29.1 Å². The number of aliphatic carboxylic acids is 3. The molecule has 0 aliphatic heterocycles. The van der Waals surface area contributed by atoms with E-state index in [4.69, 9.17) is 60.4 Å². The second-order valence-electron chi connectivity index (χ2n) is 29.0. The van der Waals surface area contributed by atoms with Gasteiger partial charge < -0.3 is 52.1 Å². The molecular formula is C97H90Br5N15O10S5. The molecule has 25 nitrogen and oxygen atoms in total. The van der Waals surface area contributed by atoms with E-state index in [0.717, 1.165) is 206 Å². The van der Waals surface area contributed by atoms with Crippen LogP contribution in [0, 0.1) is 20.8 Å². The standard InChI is InChI=1S/C21H20BrN3O2S.C20H18BrN3O2S.2C19H18BrN3O2S.C18H16BrN3O2S/c1-3-5-15-16(4-2)24-21(17-10-11-18(22)28-17)25-20(15)23-14-8-6-13(7-9-14)12-19(26)27;1-3-4-15-12(2)22-20(16-9-10-17(21)27-16)24-19(15)23-14-7-5-13(6-8-14)11-18(25)26;1-3-14-11(2)21-19(15-8-9-16(20)26-15)23-18(14)22-13-6-4-12(5-7-13)10-17(24)25;1-3-13-14(4-2)22-18(15-9-10-16(20)26-15)23-17(13)21-12-7-5-11(6-8-12)19(24)25;1-3-13-10(2)20-17(14-8-9-15(19)25-14)22-16(13)21-12-6-4-11(5-7-12)18(23)24/h3,6-11H,1,4-5,12H2,2H3,(H,26,27)(H,23,24,25);3,5-10H,1,4,11H2,2H3,(H,25,26)(H,22,23,24);4-9H,3,10H2,1-2H3,(H,24,25)(H,21,22,23);5-10H,3-4H2,1-2H3,(H,24,25)(H,21,22,23);4-9H,3H2,1-2H3,(H,23,24)(H,20,21,22). The average Bonchev–Trinajstić information content (AvgIpc) is 1.11. The Bertz CT molecular complexity index is 6610. The summed E-state index contributed by atoms with van der Waals surface area (Å²) in [5, 5.41) is 61.4. The summed E-state index contributed by atoms with van der Waals surface area (Å²) >= 11 is 25.3. The van der Waals surface area contributed by atoms with Crippen molar-refractivity contribution >= 4 is 224 Å². The van der Waals surface area contributed by atoms with Crippen LogP contribution in [0.15, 0.2) is 226 Å². The van der Waals surface area contributed by atoms with Crippen LogP contribution in [0.5, 0.6) is 0 Å². The van der Waals surface area contributed by atoms with Crippen LogP contribution in [-0.4, -0.2) is 105 Å². The van der Waals surface area contributed by atoms with Crippen molar-refractivity contribution in [3.63, 3.8) is 0 Å². The molecule has 0 fully saturated rings. The van der Waals surface area contributed by atoms with Crippen molar-refractivity contribution in [2.24, 2.45) is 0 Å². The summed E-state index contributed by atoms with van der Waals surface area (Å²) in [5.41, 5.74) is 16.9. The molecule has 10 heterocycles. The van der Waals surface area contributed by atoms with Crippen LogP contribution in [0.25, 0.3) is 53.5 Å². The van der Waals surface area contributed by atoms with Gasteiger partial charge in [0.2, 0.25) is 0 Å². The summed E-state index contributed by atoms with van der Waals surface area (Å²) < 4.78 is 5.16. The van der Waals surface area contributed by atoms with Gasteiger partial charge in [-0.25, -0.2) is 59.4 Å². The second kappa shape index (κ2) is 48.6. The highest BCUT2D eigenvalue weighted by molar-refractivity contribution is 9.12. The molecule has 0 saturated carbocycles. The molecule has 0 unspecified atom stereocenters. The molecule has 0 amide bonds. The van der Waals surface area contributed by atoms with Crippen LogP contribution in [-0.2, 0) is 78.6 Å². The van der Waals surface area contributed by atoms with Crippen molar-refractivity contribution in [1.29, 1.82) is 0 Å². The lowest BCUT2D eigenvalue weighted by Gasteiger charge is -2.15. The summed E-state index contributed by atoms with van der Waals surface area (Å²) in [6.07, 6.45) is 9.06. The van der Waals surface area contributed by atoms with Gasteiger partial charge in [0, 0.05) is 84.7 Å². The van der Waals surface area contributed by atoms with Gasteiger partial charge in [-0.2, -0.15) is 0 Å². The van der Waals surface area contributed by atoms with Gasteiger partial charge in [-0.1, -0.05) is 83.2 Å². The average molecular weight is 2190 g/mol. The number of aryl methyl sites for hydroxylation is 5. The predicted molar refractivity (Wildman–Crippen MR) is 551 cm³/mol. The first kappa shape index (κ1) is 101. The Morgan fingerprint density at radius 1 is 0.295 bits per heavy atom. The van der Waals surface area contributed by atoms with Crippen LogP contribution in [0.3, 0.4) is 0 Å². The first-order chi connectivity index (χ1) is 63.4. The number of allylic oxidation sites excluding steroid dienone is 2. The molecule has 678 valence electrons. The second-order valence-corrected chi connectivity index (χ2v) is 41.3. The predicted octanol–water partition coefficient (Wildman–Crippen LogP) is 27.0. The highest BCUT2D eigenvalue weighted by Crippen LogP contribution is 2.39. The molecule has 132 heavy (non-hydrogen) atoms. The molecule has 0 saturated heterocycles. The van der Waals surface area contributed by atoms with E-state index >= 15 is 0 Å². The molecule has 0 spiro atoms. The zero-order valence-corrected chi connectivity index (χ0v) is 84.7. The number of thiophene rings is 5. The van der Waals surface area contributed by atoms with Crippen molar-refractivity contribution in [2.45, 2.75) is 120 Å². The fourth-order valence-electron chi connectivity index (χ4n) is 13.4. The van der Waals surface area contributed by atoms with E-state index in [1.807, 2.05) is 154 Å². The monoisotopic (exact) mass is 2180 g/mol. The molecule has 35 heteroatoms. The van der Waals surface area contributed by atoms with E-state index in [2.05, 4.69) is 169 Å². The Labute approximate surface area is 825 Å². The maximum atomic E-state index is 11.0. The minimum Gasteiger partial charge on any atom is -0.481 e. The Morgan fingerprint density at radius 2 is 0.523 bits per heavy atom. The highest BCUT2D eigenvalue weighted by atomic mass is 79.9. The zero-order valence-electron chi connectivity index (χ0n) is 72.6. The minimum atomic E-state index is -0.941. The number of hydrogen-bond acceptors (Lipinski definition) is 25. The molecule has 10 aromatic heterocycles. The number of carbonyl (C=O) groups is 5. The summed E-state index contributed by atoms with van der Waals surface area (Å²) in [4.78, 5) is 107. The number of nitrogens with one attached hydrogen (secondary N) is 5. The summed E-state index contributed by atoms with van der Waals surface area (Å²) in [6.45, 7) is 24.0. The summed E-state index contributed by atoms with van der Waals surface area (Å²) in [5.74, 6) is 2.79. The minimum absolute atomic E-state index is 0.00597. The Kier molecular flexibility index (Phi) is 37.1. The van der Waals surface area contributed by atoms with Crippen LogP contribution < -0.4 is 26.6 Å². The quantitative estimate of drug-likeness (QED) is 0.0175. The first-order valence-corrected chi connectivity index (χ1v) is 49.3. The smallest absolute Gasteiger partial charge is 0.335 e. The molecule has 5 aromatic carbocycles. The Hall–Kier alpha value is -11.8. The lowest BCUT2D eigenvalue weighted by Crippen LogP contribution is -2.07. The van der Waals surface area contributed by atoms with E-state index in [0.29, 0.717) is 42.0 Å². The van der Waals surface area contributed by atoms with Crippen molar-refractivity contribution in [1.82, 2.24) is 49.8 Å². The summed E-state index contributed by atoms with van der Waals surface area (Å²) in [7, 11) is 0. The fraction of sp³-hybridized carbons (Fsp3) is 0.186. The van der Waals surface area contributed by atoms with Gasteiger partial charge in [0.25, 0.3) is 0 Å². The molecule has 0 aliphatic rings. The van der Waals surface area contributed by atoms with Gasteiger partial charge in [0.15, 0.2) is 29.1 Å². The summed E-state index contributed by atoms with van der Waals surface area (Å²) in [6, 6.07) is 55.2. The number of hydrogen-bond donors (Lipinski definition) is 10. The number of anilines is 10. The van der Waals surface area contributed by atoms with E-state index in [1.54, 1.807) is 117 Å². The van der Waals surface area contributed by atoms with Crippen LogP contribution in [0.4, 0.5) is 57.5 Å². The SMILES string of the molecule is C=CCc1c(C)nc(-c2ccc(Br)s2)nc1Nc1ccc(CC(=O)O)cc1.C=CCc1c(CC)nc(-c2ccc(Br)s2)nc1Nc1ccc(CC(=O)O)cc1.CCc1c(C)nc(-c2ccc(Br)s2)nc1Nc1ccc(C(=O)O)cc1.CCc1c(C)nc(-c2ccc(Br)s2)nc1Nc1ccc(CC(=O)O)cc1.CCc1nc(-c2ccc(Br)s2)nc(Nc2ccc(C(=O)O)cc2)c1CC. The molecule has 15 aromatic rings. The molecule has 0 bridgehead atoms. The number of benzene rings is 5. The van der Waals surface area contributed by atoms with Crippen molar-refractivity contribution in [3.05, 3.63) is 310 Å². The van der Waals surface area contributed by atoms with E-state index in [1.165, 1.54) is 0 Å². The largest absolute Gasteiger partial charge is 0.481 e. The van der Waals surface area contributed by atoms with Crippen molar-refractivity contribution < 1.29 is 49.5 Å². The fourth-order valence-corrected chi connectivity index (χ4v) is 20.0. The third-order valence-corrected chi connectivity index (χ3v) is 27.8. The topological polar surface area (TPSA) is 376 Å². The van der Waals surface area contributed by atoms with Gasteiger partial charge in [-0.05, 0) is 308 Å². The molecule has 0 atom stereocenters. The number of aromatic nitrogens is 10. The highest BCUT2D eigenvalue weighted by Gasteiger charge is 2.22. The number of rotatable bonds is 32. The van der Waals surface area contributed by atoms with Crippen LogP contribution in [0.1, 0.15) is 128 Å². The third-order valence-electron chi connectivity index (χ3n) is 19.7. The van der Waals surface area contributed by atoms with Gasteiger partial charge in [0.05, 0.1) is 73.7 Å². The van der Waals surface area contributed by atoms with Crippen molar-refractivity contribution in [3.8, 4) is 53.5 Å². The first-order valence-electron chi connectivity index (χ1n) is 41.3. The maximum Gasteiger partial charge on any atom is 0.335 e. The molecule has 10 N–H and O–H groups in total. The molecule has 0 radical (unpaired) electrons. The third kappa shape index (κ3) is 28.4. The van der Waals surface area contributed by atoms with E-state index in [-0.39, 0.29) is 30.4 Å². The van der Waals surface area contributed by atoms with Crippen molar-refractivity contribution in [2.75, 3.05) is 26.6 Å². The van der Waals surface area contributed by atoms with Crippen LogP contribution >= 0.6 is 136 Å². The van der Waals surface area contributed by atoms with E-state index in [9.17, 15) is 24.0 Å². The number of halogens is 5. The van der Waals surface area contributed by atoms with Gasteiger partial charge in [-0.3, -0.25) is 14.4 Å². The number of aromatic carboxylic acids is 2. The molecule has 15 rings (SSSR count). The molecule has 0 aliphatic carbocycles.